The number of carbonyl (C=O) groups is 1. The van der Waals surface area contributed by atoms with Gasteiger partial charge in [0.1, 0.15) is 0 Å². The minimum Gasteiger partial charge on any atom is -0.355 e. The van der Waals surface area contributed by atoms with Crippen molar-refractivity contribution in [3.8, 4) is 0 Å². The van der Waals surface area contributed by atoms with E-state index in [0.29, 0.717) is 19.6 Å². The zero-order chi connectivity index (χ0) is 15.8. The number of hydrogen-bond donors (Lipinski definition) is 1. The molecule has 1 N–H and O–H groups in total. The highest BCUT2D eigenvalue weighted by Gasteiger charge is 2.19. The average Bonchev–Trinajstić information content (AvgIpc) is 2.28. The van der Waals surface area contributed by atoms with Crippen molar-refractivity contribution in [1.82, 2.24) is 19.4 Å². The third-order valence-electron chi connectivity index (χ3n) is 2.69. The van der Waals surface area contributed by atoms with Crippen LogP contribution >= 0.6 is 0 Å². The van der Waals surface area contributed by atoms with Crippen LogP contribution in [0.1, 0.15) is 6.42 Å². The maximum atomic E-state index is 11.7. The first-order valence-electron chi connectivity index (χ1n) is 6.64. The van der Waals surface area contributed by atoms with Crippen LogP contribution in [0.25, 0.3) is 0 Å². The lowest BCUT2D eigenvalue weighted by Gasteiger charge is -2.21. The van der Waals surface area contributed by atoms with Gasteiger partial charge in [0, 0.05) is 19.6 Å². The van der Waals surface area contributed by atoms with Crippen molar-refractivity contribution in [3.05, 3.63) is 0 Å². The number of likely N-dealkylation sites (N-methyl/N-ethyl adjacent to an activating group) is 1. The van der Waals surface area contributed by atoms with Crippen LogP contribution in [0.15, 0.2) is 0 Å². The van der Waals surface area contributed by atoms with Gasteiger partial charge in [-0.05, 0) is 41.2 Å². The van der Waals surface area contributed by atoms with E-state index in [2.05, 4.69) is 5.32 Å². The highest BCUT2D eigenvalue weighted by atomic mass is 32.2. The molecule has 120 valence electrons. The molecular formula is C12H28N4O3S. The molecule has 0 fully saturated rings. The van der Waals surface area contributed by atoms with Crippen molar-refractivity contribution in [1.29, 1.82) is 0 Å². The summed E-state index contributed by atoms with van der Waals surface area (Å²) in [6, 6.07) is 0. The number of carbonyl (C=O) groups excluding carboxylic acids is 1. The predicted octanol–water partition coefficient (Wildman–Crippen LogP) is -1.12. The van der Waals surface area contributed by atoms with Crippen molar-refractivity contribution >= 4 is 15.9 Å². The summed E-state index contributed by atoms with van der Waals surface area (Å²) in [5.41, 5.74) is 0. The Bertz CT molecular complexity index is 382. The van der Waals surface area contributed by atoms with E-state index < -0.39 is 10.0 Å². The Labute approximate surface area is 123 Å². The zero-order valence-electron chi connectivity index (χ0n) is 13.2. The fourth-order valence-corrected chi connectivity index (χ4v) is 2.28. The highest BCUT2D eigenvalue weighted by molar-refractivity contribution is 7.88. The SMILES string of the molecule is CN(C)CCCNC(=O)CN(CCN(C)C)S(C)(=O)=O. The Morgan fingerprint density at radius 2 is 1.55 bits per heavy atom. The second-order valence-corrected chi connectivity index (χ2v) is 7.39. The quantitative estimate of drug-likeness (QED) is 0.518. The van der Waals surface area contributed by atoms with Crippen molar-refractivity contribution in [3.63, 3.8) is 0 Å². The number of nitrogens with one attached hydrogen (secondary N) is 1. The minimum absolute atomic E-state index is 0.116. The Morgan fingerprint density at radius 1 is 1.00 bits per heavy atom. The third kappa shape index (κ3) is 10.1. The van der Waals surface area contributed by atoms with Gasteiger partial charge in [-0.25, -0.2) is 8.42 Å². The molecule has 20 heavy (non-hydrogen) atoms. The molecule has 7 nitrogen and oxygen atoms in total. The first-order chi connectivity index (χ1) is 9.12. The van der Waals surface area contributed by atoms with Crippen LogP contribution in [0.4, 0.5) is 0 Å². The summed E-state index contributed by atoms with van der Waals surface area (Å²) in [6.07, 6.45) is 1.97. The van der Waals surface area contributed by atoms with Crippen LogP contribution in [0, 0.1) is 0 Å². The van der Waals surface area contributed by atoms with Gasteiger partial charge in [0.2, 0.25) is 15.9 Å². The number of amides is 1. The van der Waals surface area contributed by atoms with E-state index in [4.69, 9.17) is 0 Å². The number of rotatable bonds is 10. The smallest absolute Gasteiger partial charge is 0.235 e. The van der Waals surface area contributed by atoms with Gasteiger partial charge in [0.05, 0.1) is 12.8 Å². The second-order valence-electron chi connectivity index (χ2n) is 5.41. The normalized spacial score (nSPS) is 12.4. The molecule has 0 saturated heterocycles. The summed E-state index contributed by atoms with van der Waals surface area (Å²) < 4.78 is 24.4. The van der Waals surface area contributed by atoms with Gasteiger partial charge in [-0.2, -0.15) is 4.31 Å². The molecule has 0 saturated carbocycles. The van der Waals surface area contributed by atoms with Crippen molar-refractivity contribution < 1.29 is 13.2 Å². The molecule has 0 aromatic carbocycles. The molecule has 0 atom stereocenters. The second kappa shape index (κ2) is 9.28. The van der Waals surface area contributed by atoms with Gasteiger partial charge < -0.3 is 15.1 Å². The molecule has 0 aromatic heterocycles. The van der Waals surface area contributed by atoms with Crippen LogP contribution in [0.5, 0.6) is 0 Å². The van der Waals surface area contributed by atoms with Gasteiger partial charge in [-0.3, -0.25) is 4.79 Å². The summed E-state index contributed by atoms with van der Waals surface area (Å²) in [7, 11) is 4.30. The summed E-state index contributed by atoms with van der Waals surface area (Å²) in [5, 5.41) is 2.74. The molecule has 0 unspecified atom stereocenters. The maximum Gasteiger partial charge on any atom is 0.235 e. The average molecular weight is 308 g/mol. The fourth-order valence-electron chi connectivity index (χ4n) is 1.51. The van der Waals surface area contributed by atoms with E-state index in [9.17, 15) is 13.2 Å². The Balaban J connectivity index is 4.20. The van der Waals surface area contributed by atoms with Gasteiger partial charge in [0.25, 0.3) is 0 Å². The Kier molecular flexibility index (Phi) is 8.95. The van der Waals surface area contributed by atoms with Gasteiger partial charge in [0.15, 0.2) is 0 Å². The van der Waals surface area contributed by atoms with E-state index >= 15 is 0 Å². The Hall–Kier alpha value is -0.700. The monoisotopic (exact) mass is 308 g/mol. The molecule has 0 heterocycles. The van der Waals surface area contributed by atoms with Crippen molar-refractivity contribution in [2.75, 3.05) is 67.2 Å². The lowest BCUT2D eigenvalue weighted by molar-refractivity contribution is -0.121. The molecule has 0 aliphatic rings. The molecule has 0 rings (SSSR count). The third-order valence-corrected chi connectivity index (χ3v) is 3.94. The fraction of sp³-hybridized carbons (Fsp3) is 0.917. The van der Waals surface area contributed by atoms with Crippen molar-refractivity contribution in [2.24, 2.45) is 0 Å². The molecular weight excluding hydrogens is 280 g/mol. The van der Waals surface area contributed by atoms with E-state index in [0.717, 1.165) is 19.2 Å². The Morgan fingerprint density at radius 3 is 2.00 bits per heavy atom. The largest absolute Gasteiger partial charge is 0.355 e. The van der Waals surface area contributed by atoms with E-state index in [1.165, 1.54) is 4.31 Å². The lowest BCUT2D eigenvalue weighted by Crippen LogP contribution is -2.43. The number of nitrogens with zero attached hydrogens (tertiary/aromatic N) is 3. The van der Waals surface area contributed by atoms with Crippen LogP contribution in [-0.4, -0.2) is 95.6 Å². The standard InChI is InChI=1S/C12H28N4O3S/c1-14(2)8-6-7-13-12(17)11-16(20(5,18)19)10-9-15(3)4/h6-11H2,1-5H3,(H,13,17). The summed E-state index contributed by atoms with van der Waals surface area (Å²) in [6.45, 7) is 2.23. The van der Waals surface area contributed by atoms with Gasteiger partial charge in [-0.15, -0.1) is 0 Å². The van der Waals surface area contributed by atoms with Crippen LogP contribution in [-0.2, 0) is 14.8 Å². The van der Waals surface area contributed by atoms with Gasteiger partial charge >= 0.3 is 0 Å². The first kappa shape index (κ1) is 19.3. The van der Waals surface area contributed by atoms with E-state index in [1.807, 2.05) is 38.0 Å². The lowest BCUT2D eigenvalue weighted by atomic mass is 10.4. The summed E-state index contributed by atoms with van der Waals surface area (Å²) in [4.78, 5) is 15.7. The van der Waals surface area contributed by atoms with Gasteiger partial charge in [-0.1, -0.05) is 0 Å². The van der Waals surface area contributed by atoms with Crippen LogP contribution in [0.3, 0.4) is 0 Å². The minimum atomic E-state index is -3.36. The van der Waals surface area contributed by atoms with Crippen LogP contribution in [0.2, 0.25) is 0 Å². The molecule has 0 aliphatic heterocycles. The first-order valence-corrected chi connectivity index (χ1v) is 8.49. The summed E-state index contributed by atoms with van der Waals surface area (Å²) >= 11 is 0. The van der Waals surface area contributed by atoms with Crippen molar-refractivity contribution in [2.45, 2.75) is 6.42 Å². The predicted molar refractivity (Wildman–Crippen MR) is 81.2 cm³/mol. The number of sulfonamides is 1. The summed E-state index contributed by atoms with van der Waals surface area (Å²) in [5.74, 6) is -0.257. The molecule has 0 aliphatic carbocycles. The van der Waals surface area contributed by atoms with E-state index in [-0.39, 0.29) is 12.5 Å². The molecule has 8 heteroatoms. The molecule has 1 amide bonds. The topological polar surface area (TPSA) is 73.0 Å². The molecule has 0 radical (unpaired) electrons. The highest BCUT2D eigenvalue weighted by Crippen LogP contribution is 1.97. The van der Waals surface area contributed by atoms with Crippen LogP contribution < -0.4 is 5.32 Å². The van der Waals surface area contributed by atoms with E-state index in [1.54, 1.807) is 0 Å². The number of hydrogen-bond acceptors (Lipinski definition) is 5. The maximum absolute atomic E-state index is 11.7. The molecule has 0 bridgehead atoms. The zero-order valence-corrected chi connectivity index (χ0v) is 14.0. The molecule has 0 spiro atoms. The molecule has 0 aromatic rings.